The van der Waals surface area contributed by atoms with Gasteiger partial charge in [-0.1, -0.05) is 0 Å². The number of nitrogens with zero attached hydrogens (tertiary/aromatic N) is 8. The number of ketones is 8. The maximum atomic E-state index is 19.3. The second-order valence-corrected chi connectivity index (χ2v) is 29.1. The van der Waals surface area contributed by atoms with Gasteiger partial charge in [0.25, 0.3) is 0 Å². The van der Waals surface area contributed by atoms with Crippen LogP contribution in [-0.4, -0.2) is 76.2 Å². The SMILES string of the molecule is CC(=O)c1ccc(Oc2c(F)c3c(c(F)c2Oc2ccc(C(C)=O)cc2)-c2nc-3nc3[n-]c(nc4nc(nc5[n-]c(n2)c2c(F)c(Oc6ccc(C(C)=O)cc6)c(Oc6ccc(C(C)=O)cc6)c(F)c52)-c2c(F)c(Oc5ccc(C(C)=O)cc5)c(Oc5ccc(C(C)=O)cc5)c(F)c2-4)c2c(F)c(Oc4ccc(C(C)=O)cc4)c(Oc4ccc(C(C)=O)cc4)c(F)c32)cc1.[Zn+2]. The van der Waals surface area contributed by atoms with Gasteiger partial charge in [0, 0.05) is 88.6 Å². The fourth-order valence-corrected chi connectivity index (χ4v) is 13.9. The van der Waals surface area contributed by atoms with Crippen LogP contribution in [0.4, 0.5) is 35.1 Å². The van der Waals surface area contributed by atoms with Crippen molar-refractivity contribution in [2.45, 2.75) is 55.4 Å². The molecule has 3 aromatic heterocycles. The summed E-state index contributed by atoms with van der Waals surface area (Å²) in [5, 5.41) is -4.48. The summed E-state index contributed by atoms with van der Waals surface area (Å²) in [6.45, 7) is 10.0. The van der Waals surface area contributed by atoms with Crippen LogP contribution in [0.25, 0.3) is 89.7 Å². The molecule has 0 fully saturated rings. The number of rotatable bonds is 24. The molecule has 0 N–H and O–H groups in total. The van der Waals surface area contributed by atoms with E-state index >= 15 is 35.1 Å². The van der Waals surface area contributed by atoms with Crippen molar-refractivity contribution < 1.29 is 131 Å². The Morgan fingerprint density at radius 1 is 0.202 bits per heavy atom. The number of carbonyl (C=O) groups excluding carboxylic acids is 8. The zero-order chi connectivity index (χ0) is 90.3. The van der Waals surface area contributed by atoms with Crippen LogP contribution < -0.4 is 47.9 Å². The second-order valence-electron chi connectivity index (χ2n) is 29.1. The molecule has 12 aromatic carbocycles. The first kappa shape index (κ1) is 86.3. The van der Waals surface area contributed by atoms with Gasteiger partial charge in [-0.3, -0.25) is 38.4 Å². The van der Waals surface area contributed by atoms with Gasteiger partial charge < -0.3 is 67.8 Å². The monoisotopic (exact) mass is 1790 g/mol. The molecule has 0 amide bonds. The van der Waals surface area contributed by atoms with E-state index in [4.69, 9.17) is 37.9 Å². The fourth-order valence-electron chi connectivity index (χ4n) is 13.9. The number of halogens is 8. The van der Waals surface area contributed by atoms with Crippen LogP contribution in [0, 0.1) is 46.5 Å². The van der Waals surface area contributed by atoms with E-state index in [1.54, 1.807) is 0 Å². The topological polar surface area (TPSA) is 316 Å². The Balaban J connectivity index is 0.0000122. The zero-order valence-corrected chi connectivity index (χ0v) is 71.3. The van der Waals surface area contributed by atoms with Crippen LogP contribution in [-0.2, 0) is 19.5 Å². The Hall–Kier alpha value is -16.2. The van der Waals surface area contributed by atoms with Crippen LogP contribution in [0.2, 0.25) is 0 Å². The largest absolute Gasteiger partial charge is 2.00 e. The molecule has 2 aliphatic rings. The minimum Gasteiger partial charge on any atom is -0.450 e. The van der Waals surface area contributed by atoms with Crippen molar-refractivity contribution in [1.82, 2.24) is 39.9 Å². The summed E-state index contributed by atoms with van der Waals surface area (Å²) in [6.07, 6.45) is 0. The summed E-state index contributed by atoms with van der Waals surface area (Å²) < 4.78 is 204. The van der Waals surface area contributed by atoms with Crippen LogP contribution in [0.5, 0.6) is 92.0 Å². The first-order valence-corrected chi connectivity index (χ1v) is 38.6. The second kappa shape index (κ2) is 34.4. The van der Waals surface area contributed by atoms with E-state index in [1.807, 2.05) is 0 Å². The molecular weight excluding hydrogens is 1740 g/mol. The predicted octanol–water partition coefficient (Wildman–Crippen LogP) is 23.2. The third kappa shape index (κ3) is 16.3. The molecule has 33 heteroatoms. The van der Waals surface area contributed by atoms with Crippen molar-refractivity contribution in [2.75, 3.05) is 0 Å². The van der Waals surface area contributed by atoms with Crippen LogP contribution in [0.1, 0.15) is 138 Å². The maximum absolute atomic E-state index is 19.3. The molecule has 129 heavy (non-hydrogen) atoms. The van der Waals surface area contributed by atoms with E-state index in [2.05, 4.69) is 39.9 Å². The number of aromatic nitrogens is 8. The number of Topliss-reactive ketones (excluding diaryl/α,β-unsaturated/α-hetero) is 8. The van der Waals surface area contributed by atoms with Gasteiger partial charge in [-0.2, -0.15) is 0 Å². The number of hydrogen-bond acceptors (Lipinski definition) is 22. The molecule has 2 aliphatic heterocycles. The number of hydrogen-bond donors (Lipinski definition) is 0. The van der Waals surface area contributed by atoms with Gasteiger partial charge in [0.15, 0.2) is 92.8 Å². The predicted molar refractivity (Wildman–Crippen MR) is 446 cm³/mol. The van der Waals surface area contributed by atoms with Crippen molar-refractivity contribution in [2.24, 2.45) is 0 Å². The number of benzene rings is 12. The summed E-state index contributed by atoms with van der Waals surface area (Å²) in [5.74, 6) is -33.0. The van der Waals surface area contributed by atoms with Gasteiger partial charge >= 0.3 is 19.5 Å². The van der Waals surface area contributed by atoms with Gasteiger partial charge in [-0.25, -0.2) is 45.1 Å². The Morgan fingerprint density at radius 2 is 0.326 bits per heavy atom. The summed E-state index contributed by atoms with van der Waals surface area (Å²) in [4.78, 5) is 137. The van der Waals surface area contributed by atoms with Crippen molar-refractivity contribution >= 4 is 90.4 Å². The molecule has 8 bridgehead atoms. The first-order valence-electron chi connectivity index (χ1n) is 38.6. The van der Waals surface area contributed by atoms with Crippen LogP contribution in [0.3, 0.4) is 0 Å². The molecule has 15 aromatic rings. The zero-order valence-electron chi connectivity index (χ0n) is 68.3. The number of carbonyl (C=O) groups is 8. The Kier molecular flexibility index (Phi) is 23.0. The Labute approximate surface area is 735 Å². The normalized spacial score (nSPS) is 11.3. The maximum Gasteiger partial charge on any atom is 2.00 e. The summed E-state index contributed by atoms with van der Waals surface area (Å²) in [6, 6.07) is 39.7. The van der Waals surface area contributed by atoms with Gasteiger partial charge in [0.1, 0.15) is 46.0 Å². The molecule has 0 aliphatic carbocycles. The van der Waals surface area contributed by atoms with Gasteiger partial charge in [0.05, 0.1) is 45.6 Å². The fraction of sp³-hybridized carbons (Fsp3) is 0.0833. The minimum absolute atomic E-state index is 0. The summed E-state index contributed by atoms with van der Waals surface area (Å²) in [5.41, 5.74) is -7.95. The standard InChI is InChI=1S/C96H56F8N8O16.Zn/c1-41(113)49-9-25-57(26-10-49)121-81-73(97)65-66(74(98)82(81)122-58-27-11-50(12-28-58)42(2)114)90-105-89(65)109-91-67-68(76(100)84(124-60-31-15-52(16-32-60)44(4)116)83(75(67)99)123-59-29-13-51(14-30-59)43(3)115)93(106-91)111-95-71-72(80(104)88(128-64-39-23-56(24-40-64)48(8)120)87(79(71)103)127-63-37-21-55(22-38-63)47(7)119)96(108-95)112-94-70-69(92(107-94)110-90)77(101)85(125-61-33-17-53(18-34-61)45(5)117)86(78(70)102)126-62-35-19-54(20-36-62)46(6)118;/h9-40H,1-8H3;/q-2;+2. The molecule has 0 atom stereocenters. The average molecular weight is 1790 g/mol. The van der Waals surface area contributed by atoms with Gasteiger partial charge in [-0.05, 0) is 250 Å². The smallest absolute Gasteiger partial charge is 0.450 e. The van der Waals surface area contributed by atoms with Gasteiger partial charge in [0.2, 0.25) is 46.0 Å². The first-order chi connectivity index (χ1) is 61.3. The quantitative estimate of drug-likeness (QED) is 0.0308. The van der Waals surface area contributed by atoms with Crippen molar-refractivity contribution in [3.63, 3.8) is 0 Å². The van der Waals surface area contributed by atoms with Gasteiger partial charge in [-0.15, -0.1) is 0 Å². The molecular formula is C96H56F8N8O16Zn. The molecule has 24 nitrogen and oxygen atoms in total. The van der Waals surface area contributed by atoms with Crippen LogP contribution in [0.15, 0.2) is 194 Å². The van der Waals surface area contributed by atoms with E-state index < -0.39 is 228 Å². The van der Waals surface area contributed by atoms with E-state index in [0.29, 0.717) is 0 Å². The van der Waals surface area contributed by atoms with E-state index in [9.17, 15) is 38.4 Å². The Bertz CT molecular complexity index is 6640. The van der Waals surface area contributed by atoms with Crippen molar-refractivity contribution in [3.8, 4) is 138 Å². The molecule has 0 radical (unpaired) electrons. The number of ether oxygens (including phenoxy) is 8. The molecule has 17 rings (SSSR count). The number of fused-ring (bicyclic) bond motifs is 20. The minimum atomic E-state index is -1.69. The average Bonchev–Trinajstić information content (AvgIpc) is 1.57. The third-order valence-corrected chi connectivity index (χ3v) is 20.5. The Morgan fingerprint density at radius 3 is 0.450 bits per heavy atom. The molecule has 0 spiro atoms. The van der Waals surface area contributed by atoms with Crippen molar-refractivity contribution in [3.05, 3.63) is 285 Å². The van der Waals surface area contributed by atoms with E-state index in [0.717, 1.165) is 0 Å². The molecule has 5 heterocycles. The third-order valence-electron chi connectivity index (χ3n) is 20.5. The van der Waals surface area contributed by atoms with Crippen molar-refractivity contribution in [1.29, 1.82) is 0 Å². The van der Waals surface area contributed by atoms with E-state index in [-0.39, 0.29) is 110 Å². The van der Waals surface area contributed by atoms with Crippen LogP contribution >= 0.6 is 0 Å². The summed E-state index contributed by atoms with van der Waals surface area (Å²) in [7, 11) is 0. The van der Waals surface area contributed by atoms with E-state index in [1.165, 1.54) is 250 Å². The molecule has 0 unspecified atom stereocenters. The molecule has 0 saturated heterocycles. The molecule has 634 valence electrons. The molecule has 0 saturated carbocycles. The summed E-state index contributed by atoms with van der Waals surface area (Å²) >= 11 is 0.